The zero-order chi connectivity index (χ0) is 9.40. The van der Waals surface area contributed by atoms with Gasteiger partial charge in [-0.25, -0.2) is 0 Å². The molecule has 0 rings (SSSR count). The number of hydrogen-bond donors (Lipinski definition) is 1. The normalized spacial score (nSPS) is 15.2. The molecule has 0 aliphatic rings. The molecule has 0 amide bonds. The highest BCUT2D eigenvalue weighted by atomic mass is 16.5. The van der Waals surface area contributed by atoms with Crippen LogP contribution in [0.15, 0.2) is 0 Å². The summed E-state index contributed by atoms with van der Waals surface area (Å²) in [7, 11) is 1.69. The molecule has 2 atom stereocenters. The molecule has 0 bridgehead atoms. The minimum atomic E-state index is 0.220. The highest BCUT2D eigenvalue weighted by Crippen LogP contribution is 1.96. The molecule has 0 saturated heterocycles. The lowest BCUT2D eigenvalue weighted by atomic mass is 10.1. The summed E-state index contributed by atoms with van der Waals surface area (Å²) in [4.78, 5) is 0. The van der Waals surface area contributed by atoms with Gasteiger partial charge in [0, 0.05) is 19.7 Å². The minimum absolute atomic E-state index is 0.220. The van der Waals surface area contributed by atoms with Crippen LogP contribution < -0.4 is 5.32 Å². The monoisotopic (exact) mass is 170 g/mol. The Morgan fingerprint density at radius 2 is 2.25 bits per heavy atom. The smallest absolute Gasteiger partial charge is 0.0667 e. The van der Waals surface area contributed by atoms with Crippen LogP contribution in [-0.4, -0.2) is 25.8 Å². The Kier molecular flexibility index (Phi) is 6.73. The summed E-state index contributed by atoms with van der Waals surface area (Å²) < 4.78 is 5.08. The van der Waals surface area contributed by atoms with E-state index in [1.165, 1.54) is 0 Å². The van der Waals surface area contributed by atoms with Crippen LogP contribution in [0.2, 0.25) is 0 Å². The zero-order valence-electron chi connectivity index (χ0n) is 8.13. The van der Waals surface area contributed by atoms with Crippen molar-refractivity contribution in [1.82, 2.24) is 5.32 Å². The Morgan fingerprint density at radius 3 is 2.67 bits per heavy atom. The Labute approximate surface area is 74.7 Å². The molecule has 1 N–H and O–H groups in total. The SMILES string of the molecule is CCC(CC#N)NCC(C)OC. The van der Waals surface area contributed by atoms with Gasteiger partial charge in [-0.1, -0.05) is 6.92 Å². The Hall–Kier alpha value is -0.590. The van der Waals surface area contributed by atoms with Crippen LogP contribution in [0.4, 0.5) is 0 Å². The molecule has 2 unspecified atom stereocenters. The summed E-state index contributed by atoms with van der Waals surface area (Å²) >= 11 is 0. The van der Waals surface area contributed by atoms with E-state index < -0.39 is 0 Å². The molecule has 0 radical (unpaired) electrons. The molecular weight excluding hydrogens is 152 g/mol. The third-order valence-electron chi connectivity index (χ3n) is 1.93. The fraction of sp³-hybridized carbons (Fsp3) is 0.889. The van der Waals surface area contributed by atoms with Gasteiger partial charge in [-0.15, -0.1) is 0 Å². The van der Waals surface area contributed by atoms with E-state index in [0.29, 0.717) is 12.5 Å². The Morgan fingerprint density at radius 1 is 1.58 bits per heavy atom. The van der Waals surface area contributed by atoms with Gasteiger partial charge in [0.1, 0.15) is 0 Å². The van der Waals surface area contributed by atoms with Gasteiger partial charge in [0.25, 0.3) is 0 Å². The topological polar surface area (TPSA) is 45.0 Å². The highest BCUT2D eigenvalue weighted by Gasteiger charge is 2.06. The van der Waals surface area contributed by atoms with Gasteiger partial charge in [-0.2, -0.15) is 5.26 Å². The van der Waals surface area contributed by atoms with E-state index in [9.17, 15) is 0 Å². The van der Waals surface area contributed by atoms with Crippen molar-refractivity contribution in [3.05, 3.63) is 0 Å². The lowest BCUT2D eigenvalue weighted by Crippen LogP contribution is -2.34. The molecule has 0 aliphatic carbocycles. The van der Waals surface area contributed by atoms with Crippen LogP contribution in [-0.2, 0) is 4.74 Å². The van der Waals surface area contributed by atoms with Crippen molar-refractivity contribution in [2.45, 2.75) is 38.8 Å². The summed E-state index contributed by atoms with van der Waals surface area (Å²) in [6.07, 6.45) is 1.79. The largest absolute Gasteiger partial charge is 0.380 e. The minimum Gasteiger partial charge on any atom is -0.380 e. The molecule has 0 aromatic carbocycles. The molecule has 0 saturated carbocycles. The molecule has 0 aromatic rings. The van der Waals surface area contributed by atoms with E-state index in [1.807, 2.05) is 6.92 Å². The molecular formula is C9H18N2O. The summed E-state index contributed by atoms with van der Waals surface area (Å²) in [6.45, 7) is 4.90. The van der Waals surface area contributed by atoms with Crippen molar-refractivity contribution >= 4 is 0 Å². The summed E-state index contributed by atoms with van der Waals surface area (Å²) in [6, 6.07) is 2.47. The van der Waals surface area contributed by atoms with Gasteiger partial charge in [0.05, 0.1) is 18.6 Å². The zero-order valence-corrected chi connectivity index (χ0v) is 8.13. The number of ether oxygens (including phenoxy) is 1. The average Bonchev–Trinajstić information content (AvgIpc) is 2.11. The van der Waals surface area contributed by atoms with E-state index in [1.54, 1.807) is 7.11 Å². The van der Waals surface area contributed by atoms with E-state index in [2.05, 4.69) is 18.3 Å². The lowest BCUT2D eigenvalue weighted by molar-refractivity contribution is 0.114. The predicted molar refractivity (Wildman–Crippen MR) is 48.8 cm³/mol. The molecule has 0 fully saturated rings. The molecule has 3 heteroatoms. The van der Waals surface area contributed by atoms with Crippen LogP contribution in [0.5, 0.6) is 0 Å². The fourth-order valence-corrected chi connectivity index (χ4v) is 0.887. The lowest BCUT2D eigenvalue weighted by Gasteiger charge is -2.16. The standard InChI is InChI=1S/C9H18N2O/c1-4-9(5-6-10)11-7-8(2)12-3/h8-9,11H,4-5,7H2,1-3H3. The van der Waals surface area contributed by atoms with Crippen molar-refractivity contribution in [1.29, 1.82) is 5.26 Å². The van der Waals surface area contributed by atoms with Gasteiger partial charge in [-0.3, -0.25) is 0 Å². The first-order valence-electron chi connectivity index (χ1n) is 4.37. The quantitative estimate of drug-likeness (QED) is 0.653. The van der Waals surface area contributed by atoms with Crippen molar-refractivity contribution in [3.8, 4) is 6.07 Å². The Balaban J connectivity index is 3.51. The molecule has 0 heterocycles. The van der Waals surface area contributed by atoms with E-state index in [4.69, 9.17) is 10.00 Å². The molecule has 3 nitrogen and oxygen atoms in total. The first kappa shape index (κ1) is 11.4. The second kappa shape index (κ2) is 7.08. The van der Waals surface area contributed by atoms with Crippen LogP contribution in [0, 0.1) is 11.3 Å². The Bertz CT molecular complexity index is 142. The molecule has 70 valence electrons. The predicted octanol–water partition coefficient (Wildman–Crippen LogP) is 1.30. The molecule has 0 spiro atoms. The van der Waals surface area contributed by atoms with E-state index >= 15 is 0 Å². The number of rotatable bonds is 6. The van der Waals surface area contributed by atoms with Crippen molar-refractivity contribution in [3.63, 3.8) is 0 Å². The maximum atomic E-state index is 8.47. The van der Waals surface area contributed by atoms with Crippen LogP contribution in [0.1, 0.15) is 26.7 Å². The summed E-state index contributed by atoms with van der Waals surface area (Å²) in [5, 5.41) is 11.7. The van der Waals surface area contributed by atoms with Gasteiger partial charge in [-0.05, 0) is 13.3 Å². The third-order valence-corrected chi connectivity index (χ3v) is 1.93. The molecule has 12 heavy (non-hydrogen) atoms. The first-order chi connectivity index (χ1) is 5.74. The highest BCUT2D eigenvalue weighted by molar-refractivity contribution is 4.80. The third kappa shape index (κ3) is 5.11. The number of methoxy groups -OCH3 is 1. The number of nitrogens with one attached hydrogen (secondary N) is 1. The van der Waals surface area contributed by atoms with Crippen LogP contribution in [0.3, 0.4) is 0 Å². The average molecular weight is 170 g/mol. The maximum absolute atomic E-state index is 8.47. The van der Waals surface area contributed by atoms with Gasteiger partial charge >= 0.3 is 0 Å². The van der Waals surface area contributed by atoms with E-state index in [-0.39, 0.29) is 6.10 Å². The summed E-state index contributed by atoms with van der Waals surface area (Å²) in [5.41, 5.74) is 0. The number of hydrogen-bond acceptors (Lipinski definition) is 3. The van der Waals surface area contributed by atoms with E-state index in [0.717, 1.165) is 13.0 Å². The van der Waals surface area contributed by atoms with Crippen LogP contribution >= 0.6 is 0 Å². The van der Waals surface area contributed by atoms with Crippen LogP contribution in [0.25, 0.3) is 0 Å². The van der Waals surface area contributed by atoms with Crippen molar-refractivity contribution in [2.24, 2.45) is 0 Å². The molecule has 0 aliphatic heterocycles. The van der Waals surface area contributed by atoms with Crippen molar-refractivity contribution in [2.75, 3.05) is 13.7 Å². The van der Waals surface area contributed by atoms with Gasteiger partial charge < -0.3 is 10.1 Å². The maximum Gasteiger partial charge on any atom is 0.0667 e. The second-order valence-corrected chi connectivity index (χ2v) is 2.92. The number of nitrogens with zero attached hydrogens (tertiary/aromatic N) is 1. The summed E-state index contributed by atoms with van der Waals surface area (Å²) in [5.74, 6) is 0. The van der Waals surface area contributed by atoms with Gasteiger partial charge in [0.15, 0.2) is 0 Å². The molecule has 0 aromatic heterocycles. The number of nitriles is 1. The second-order valence-electron chi connectivity index (χ2n) is 2.92. The van der Waals surface area contributed by atoms with Crippen molar-refractivity contribution < 1.29 is 4.74 Å². The fourth-order valence-electron chi connectivity index (χ4n) is 0.887. The van der Waals surface area contributed by atoms with Gasteiger partial charge in [0.2, 0.25) is 0 Å². The first-order valence-corrected chi connectivity index (χ1v) is 4.37.